The molecule has 0 bridgehead atoms. The Kier molecular flexibility index (Phi) is 3.47. The predicted octanol–water partition coefficient (Wildman–Crippen LogP) is 2.49. The number of esters is 1. The lowest BCUT2D eigenvalue weighted by atomic mass is 10.0. The average Bonchev–Trinajstić information content (AvgIpc) is 2.72. The van der Waals surface area contributed by atoms with E-state index in [2.05, 4.69) is 6.58 Å². The van der Waals surface area contributed by atoms with Crippen molar-refractivity contribution in [2.75, 3.05) is 6.61 Å². The highest BCUT2D eigenvalue weighted by molar-refractivity contribution is 6.14. The zero-order chi connectivity index (χ0) is 14.9. The van der Waals surface area contributed by atoms with Crippen molar-refractivity contribution in [2.24, 2.45) is 0 Å². The number of carboxylic acid groups (broad SMARTS) is 1. The topological polar surface area (TPSA) is 97.0 Å². The SMILES string of the molecule is C=CCOC(=O)c1c(O)ccc2oc(C)c(C(=O)O)c12. The van der Waals surface area contributed by atoms with E-state index in [0.29, 0.717) is 0 Å². The lowest BCUT2D eigenvalue weighted by Crippen LogP contribution is -2.08. The smallest absolute Gasteiger partial charge is 0.343 e. The first-order valence-corrected chi connectivity index (χ1v) is 5.73. The Morgan fingerprint density at radius 2 is 2.10 bits per heavy atom. The van der Waals surface area contributed by atoms with E-state index in [-0.39, 0.29) is 40.2 Å². The fourth-order valence-corrected chi connectivity index (χ4v) is 1.97. The molecule has 6 heteroatoms. The van der Waals surface area contributed by atoms with Gasteiger partial charge in [-0.2, -0.15) is 0 Å². The van der Waals surface area contributed by atoms with Gasteiger partial charge in [0.25, 0.3) is 0 Å². The van der Waals surface area contributed by atoms with Crippen LogP contribution < -0.4 is 0 Å². The predicted molar refractivity (Wildman–Crippen MR) is 70.1 cm³/mol. The fraction of sp³-hybridized carbons (Fsp3) is 0.143. The van der Waals surface area contributed by atoms with Gasteiger partial charge in [0.1, 0.15) is 34.8 Å². The van der Waals surface area contributed by atoms with Gasteiger partial charge in [0, 0.05) is 0 Å². The molecule has 0 radical (unpaired) electrons. The number of aryl methyl sites for hydroxylation is 1. The number of carboxylic acids is 1. The molecule has 104 valence electrons. The molecule has 0 aliphatic carbocycles. The molecule has 2 rings (SSSR count). The van der Waals surface area contributed by atoms with E-state index in [1.807, 2.05) is 0 Å². The third-order valence-corrected chi connectivity index (χ3v) is 2.76. The number of aromatic hydroxyl groups is 1. The normalized spacial score (nSPS) is 10.4. The van der Waals surface area contributed by atoms with Crippen molar-refractivity contribution in [1.82, 2.24) is 0 Å². The van der Waals surface area contributed by atoms with Crippen molar-refractivity contribution in [1.29, 1.82) is 0 Å². The van der Waals surface area contributed by atoms with Gasteiger partial charge < -0.3 is 19.4 Å². The van der Waals surface area contributed by atoms with Crippen molar-refractivity contribution in [3.05, 3.63) is 41.7 Å². The van der Waals surface area contributed by atoms with Gasteiger partial charge in [-0.25, -0.2) is 9.59 Å². The summed E-state index contributed by atoms with van der Waals surface area (Å²) in [7, 11) is 0. The quantitative estimate of drug-likeness (QED) is 0.657. The maximum absolute atomic E-state index is 12.0. The molecule has 1 aromatic carbocycles. The zero-order valence-corrected chi connectivity index (χ0v) is 10.7. The van der Waals surface area contributed by atoms with Crippen LogP contribution in [0.2, 0.25) is 0 Å². The molecule has 0 saturated heterocycles. The molecule has 0 amide bonds. The molecule has 0 saturated carbocycles. The van der Waals surface area contributed by atoms with E-state index < -0.39 is 11.9 Å². The van der Waals surface area contributed by atoms with Gasteiger partial charge in [-0.3, -0.25) is 0 Å². The van der Waals surface area contributed by atoms with E-state index >= 15 is 0 Å². The number of hydrogen-bond acceptors (Lipinski definition) is 5. The number of phenols is 1. The van der Waals surface area contributed by atoms with Gasteiger partial charge in [-0.15, -0.1) is 0 Å². The Labute approximate surface area is 113 Å². The number of rotatable bonds is 4. The number of fused-ring (bicyclic) bond motifs is 1. The Balaban J connectivity index is 2.74. The molecule has 0 unspecified atom stereocenters. The van der Waals surface area contributed by atoms with Crippen LogP contribution in [-0.4, -0.2) is 28.8 Å². The molecule has 0 fully saturated rings. The van der Waals surface area contributed by atoms with Crippen LogP contribution in [0.4, 0.5) is 0 Å². The van der Waals surface area contributed by atoms with Crippen molar-refractivity contribution in [3.63, 3.8) is 0 Å². The highest BCUT2D eigenvalue weighted by atomic mass is 16.5. The van der Waals surface area contributed by atoms with Crippen molar-refractivity contribution in [3.8, 4) is 5.75 Å². The van der Waals surface area contributed by atoms with Crippen LogP contribution in [0.5, 0.6) is 5.75 Å². The standard InChI is InChI=1S/C14H12O6/c1-3-6-19-14(18)11-8(15)4-5-9-12(11)10(13(16)17)7(2)20-9/h3-5,15H,1,6H2,2H3,(H,16,17). The number of carbonyl (C=O) groups is 2. The minimum atomic E-state index is -1.25. The summed E-state index contributed by atoms with van der Waals surface area (Å²) in [5.41, 5.74) is -0.191. The molecule has 20 heavy (non-hydrogen) atoms. The van der Waals surface area contributed by atoms with Crippen molar-refractivity contribution >= 4 is 22.9 Å². The van der Waals surface area contributed by atoms with Crippen LogP contribution in [0.1, 0.15) is 26.5 Å². The molecule has 0 aliphatic heterocycles. The van der Waals surface area contributed by atoms with Gasteiger partial charge >= 0.3 is 11.9 Å². The Hall–Kier alpha value is -2.76. The molecule has 2 N–H and O–H groups in total. The van der Waals surface area contributed by atoms with Gasteiger partial charge in [0.15, 0.2) is 0 Å². The molecule has 2 aromatic rings. The highest BCUT2D eigenvalue weighted by Gasteiger charge is 2.26. The maximum Gasteiger partial charge on any atom is 0.343 e. The van der Waals surface area contributed by atoms with E-state index in [1.54, 1.807) is 0 Å². The van der Waals surface area contributed by atoms with Gasteiger partial charge in [-0.1, -0.05) is 12.7 Å². The third kappa shape index (κ3) is 2.11. The van der Waals surface area contributed by atoms with Gasteiger partial charge in [-0.05, 0) is 19.1 Å². The largest absolute Gasteiger partial charge is 0.507 e. The summed E-state index contributed by atoms with van der Waals surface area (Å²) < 4.78 is 10.1. The third-order valence-electron chi connectivity index (χ3n) is 2.76. The van der Waals surface area contributed by atoms with Gasteiger partial charge in [0.05, 0.1) is 5.39 Å². The average molecular weight is 276 g/mol. The summed E-state index contributed by atoms with van der Waals surface area (Å²) in [4.78, 5) is 23.2. The van der Waals surface area contributed by atoms with E-state index in [9.17, 15) is 19.8 Å². The summed E-state index contributed by atoms with van der Waals surface area (Å²) >= 11 is 0. The minimum Gasteiger partial charge on any atom is -0.507 e. The number of carbonyl (C=O) groups excluding carboxylic acids is 1. The second-order valence-corrected chi connectivity index (χ2v) is 4.06. The van der Waals surface area contributed by atoms with Crippen LogP contribution in [-0.2, 0) is 4.74 Å². The number of phenolic OH excluding ortho intramolecular Hbond substituents is 1. The Morgan fingerprint density at radius 1 is 1.40 bits per heavy atom. The van der Waals surface area contributed by atoms with Crippen molar-refractivity contribution < 1.29 is 29.0 Å². The van der Waals surface area contributed by atoms with E-state index in [0.717, 1.165) is 0 Å². The molecule has 1 heterocycles. The first-order chi connectivity index (χ1) is 9.47. The molecular weight excluding hydrogens is 264 g/mol. The lowest BCUT2D eigenvalue weighted by Gasteiger charge is -2.06. The summed E-state index contributed by atoms with van der Waals surface area (Å²) in [5.74, 6) is -2.30. The van der Waals surface area contributed by atoms with E-state index in [4.69, 9.17) is 9.15 Å². The van der Waals surface area contributed by atoms with Gasteiger partial charge in [0.2, 0.25) is 0 Å². The number of aromatic carboxylic acids is 1. The van der Waals surface area contributed by atoms with Crippen LogP contribution in [0.25, 0.3) is 11.0 Å². The summed E-state index contributed by atoms with van der Waals surface area (Å²) in [6.07, 6.45) is 1.37. The summed E-state index contributed by atoms with van der Waals surface area (Å²) in [5, 5.41) is 19.1. The first-order valence-electron chi connectivity index (χ1n) is 5.73. The number of benzene rings is 1. The number of ether oxygens (including phenoxy) is 1. The Morgan fingerprint density at radius 3 is 2.70 bits per heavy atom. The fourth-order valence-electron chi connectivity index (χ4n) is 1.97. The second-order valence-electron chi connectivity index (χ2n) is 4.06. The molecule has 1 aromatic heterocycles. The summed E-state index contributed by atoms with van der Waals surface area (Å²) in [6.45, 7) is 4.83. The highest BCUT2D eigenvalue weighted by Crippen LogP contribution is 2.34. The van der Waals surface area contributed by atoms with Crippen LogP contribution in [0.15, 0.2) is 29.2 Å². The summed E-state index contributed by atoms with van der Waals surface area (Å²) in [6, 6.07) is 2.65. The second kappa shape index (κ2) is 5.08. The molecule has 0 spiro atoms. The first kappa shape index (κ1) is 13.7. The molecule has 0 atom stereocenters. The van der Waals surface area contributed by atoms with Crippen LogP contribution in [0.3, 0.4) is 0 Å². The molecule has 0 aliphatic rings. The molecule has 6 nitrogen and oxygen atoms in total. The lowest BCUT2D eigenvalue weighted by molar-refractivity contribution is 0.0549. The monoisotopic (exact) mass is 276 g/mol. The minimum absolute atomic E-state index is 0.0315. The number of hydrogen-bond donors (Lipinski definition) is 2. The maximum atomic E-state index is 12.0. The Bertz CT molecular complexity index is 710. The number of furan rings is 1. The zero-order valence-electron chi connectivity index (χ0n) is 10.7. The molecular formula is C14H12O6. The van der Waals surface area contributed by atoms with E-state index in [1.165, 1.54) is 25.1 Å². The van der Waals surface area contributed by atoms with Crippen LogP contribution in [0, 0.1) is 6.92 Å². The van der Waals surface area contributed by atoms with Crippen molar-refractivity contribution in [2.45, 2.75) is 6.92 Å². The van der Waals surface area contributed by atoms with Crippen LogP contribution >= 0.6 is 0 Å².